The third-order valence-corrected chi connectivity index (χ3v) is 7.45. The van der Waals surface area contributed by atoms with E-state index >= 15 is 0 Å². The highest BCUT2D eigenvalue weighted by Crippen LogP contribution is 2.41. The number of methoxy groups -OCH3 is 1. The Labute approximate surface area is 155 Å². The van der Waals surface area contributed by atoms with E-state index in [1.807, 2.05) is 4.90 Å². The number of ether oxygens (including phenoxy) is 1. The van der Waals surface area contributed by atoms with Gasteiger partial charge in [0.1, 0.15) is 5.75 Å². The van der Waals surface area contributed by atoms with Crippen molar-refractivity contribution in [2.75, 3.05) is 33.3 Å². The first-order valence-electron chi connectivity index (χ1n) is 8.93. The smallest absolute Gasteiger partial charge is 0.243 e. The molecule has 7 heteroatoms. The molecule has 2 aliphatic rings. The van der Waals surface area contributed by atoms with Crippen molar-refractivity contribution in [3.05, 3.63) is 36.9 Å². The van der Waals surface area contributed by atoms with E-state index in [9.17, 15) is 13.2 Å². The first kappa shape index (κ1) is 18.9. The lowest BCUT2D eigenvalue weighted by atomic mass is 9.73. The Bertz CT molecular complexity index is 782. The Balaban J connectivity index is 1.71. The summed E-state index contributed by atoms with van der Waals surface area (Å²) >= 11 is 0. The van der Waals surface area contributed by atoms with Crippen molar-refractivity contribution in [2.45, 2.75) is 30.6 Å². The van der Waals surface area contributed by atoms with Crippen LogP contribution in [-0.4, -0.2) is 56.8 Å². The fourth-order valence-corrected chi connectivity index (χ4v) is 5.42. The van der Waals surface area contributed by atoms with Gasteiger partial charge in [-0.15, -0.1) is 6.58 Å². The van der Waals surface area contributed by atoms with E-state index in [-0.39, 0.29) is 16.2 Å². The van der Waals surface area contributed by atoms with E-state index < -0.39 is 10.0 Å². The first-order chi connectivity index (χ1) is 12.4. The molecule has 1 aromatic carbocycles. The van der Waals surface area contributed by atoms with Crippen LogP contribution in [0.2, 0.25) is 0 Å². The monoisotopic (exact) mass is 378 g/mol. The van der Waals surface area contributed by atoms with Gasteiger partial charge in [0.25, 0.3) is 0 Å². The Morgan fingerprint density at radius 3 is 2.65 bits per heavy atom. The summed E-state index contributed by atoms with van der Waals surface area (Å²) in [6.45, 7) is 5.95. The third kappa shape index (κ3) is 3.64. The average molecular weight is 378 g/mol. The van der Waals surface area contributed by atoms with E-state index in [1.165, 1.54) is 7.11 Å². The molecule has 0 bridgehead atoms. The number of amides is 1. The number of nitrogens with zero attached hydrogens (tertiary/aromatic N) is 2. The number of sulfonamides is 1. The van der Waals surface area contributed by atoms with Crippen LogP contribution in [0.1, 0.15) is 25.7 Å². The minimum absolute atomic E-state index is 0.0251. The van der Waals surface area contributed by atoms with Crippen molar-refractivity contribution in [2.24, 2.45) is 5.41 Å². The van der Waals surface area contributed by atoms with Crippen LogP contribution in [0, 0.1) is 5.41 Å². The van der Waals surface area contributed by atoms with Crippen LogP contribution in [0.5, 0.6) is 5.75 Å². The van der Waals surface area contributed by atoms with Gasteiger partial charge in [-0.2, -0.15) is 4.31 Å². The largest absolute Gasteiger partial charge is 0.497 e. The molecule has 2 aliphatic heterocycles. The average Bonchev–Trinajstić information content (AvgIpc) is 2.65. The molecule has 0 atom stereocenters. The summed E-state index contributed by atoms with van der Waals surface area (Å²) in [5.74, 6) is 0.701. The summed E-state index contributed by atoms with van der Waals surface area (Å²) in [5, 5.41) is 0. The second-order valence-electron chi connectivity index (χ2n) is 7.15. The van der Waals surface area contributed by atoms with E-state index in [1.54, 1.807) is 34.6 Å². The maximum absolute atomic E-state index is 12.9. The van der Waals surface area contributed by atoms with Crippen LogP contribution in [0.25, 0.3) is 0 Å². The molecule has 0 unspecified atom stereocenters. The van der Waals surface area contributed by atoms with Crippen LogP contribution in [0.15, 0.2) is 41.8 Å². The first-order valence-corrected chi connectivity index (χ1v) is 10.4. The molecule has 1 aromatic rings. The van der Waals surface area contributed by atoms with Gasteiger partial charge in [0.2, 0.25) is 15.9 Å². The highest BCUT2D eigenvalue weighted by molar-refractivity contribution is 7.89. The molecule has 0 radical (unpaired) electrons. The van der Waals surface area contributed by atoms with Crippen LogP contribution >= 0.6 is 0 Å². The second-order valence-corrected chi connectivity index (χ2v) is 9.08. The highest BCUT2D eigenvalue weighted by atomic mass is 32.2. The molecule has 2 fully saturated rings. The molecule has 0 N–H and O–H groups in total. The normalized spacial score (nSPS) is 21.0. The minimum Gasteiger partial charge on any atom is -0.497 e. The number of hydrogen-bond donors (Lipinski definition) is 0. The number of rotatable bonds is 5. The summed E-state index contributed by atoms with van der Waals surface area (Å²) in [4.78, 5) is 14.2. The minimum atomic E-state index is -3.53. The molecule has 1 amide bonds. The van der Waals surface area contributed by atoms with E-state index in [0.717, 1.165) is 19.3 Å². The number of hydrogen-bond acceptors (Lipinski definition) is 4. The molecule has 142 valence electrons. The Kier molecular flexibility index (Phi) is 5.39. The van der Waals surface area contributed by atoms with Gasteiger partial charge in [0.05, 0.1) is 12.0 Å². The van der Waals surface area contributed by atoms with E-state index in [0.29, 0.717) is 38.3 Å². The lowest BCUT2D eigenvalue weighted by molar-refractivity contribution is -0.138. The molecule has 6 nitrogen and oxygen atoms in total. The predicted molar refractivity (Wildman–Crippen MR) is 99.4 cm³/mol. The lowest BCUT2D eigenvalue weighted by Gasteiger charge is -2.46. The number of piperidine rings is 2. The Morgan fingerprint density at radius 1 is 1.27 bits per heavy atom. The van der Waals surface area contributed by atoms with Crippen LogP contribution < -0.4 is 4.74 Å². The number of benzene rings is 1. The van der Waals surface area contributed by atoms with Gasteiger partial charge < -0.3 is 9.64 Å². The van der Waals surface area contributed by atoms with Crippen molar-refractivity contribution in [1.82, 2.24) is 9.21 Å². The quantitative estimate of drug-likeness (QED) is 0.737. The fourth-order valence-electron chi connectivity index (χ4n) is 3.94. The Morgan fingerprint density at radius 2 is 2.00 bits per heavy atom. The van der Waals surface area contributed by atoms with Crippen LogP contribution in [0.4, 0.5) is 0 Å². The molecule has 0 aromatic heterocycles. The zero-order valence-corrected chi connectivity index (χ0v) is 16.0. The molecular formula is C19H26N2O4S. The predicted octanol–water partition coefficient (Wildman–Crippen LogP) is 2.27. The van der Waals surface area contributed by atoms with E-state index in [2.05, 4.69) is 6.58 Å². The molecule has 26 heavy (non-hydrogen) atoms. The van der Waals surface area contributed by atoms with Crippen molar-refractivity contribution >= 4 is 15.9 Å². The van der Waals surface area contributed by atoms with Crippen LogP contribution in [0.3, 0.4) is 0 Å². The maximum atomic E-state index is 12.9. The molecule has 3 rings (SSSR count). The summed E-state index contributed by atoms with van der Waals surface area (Å²) in [6, 6.07) is 6.59. The van der Waals surface area contributed by atoms with Gasteiger partial charge in [-0.25, -0.2) is 8.42 Å². The zero-order chi connectivity index (χ0) is 18.8. The van der Waals surface area contributed by atoms with Crippen molar-refractivity contribution < 1.29 is 17.9 Å². The van der Waals surface area contributed by atoms with Crippen LogP contribution in [-0.2, 0) is 14.8 Å². The topological polar surface area (TPSA) is 66.9 Å². The molecular weight excluding hydrogens is 352 g/mol. The number of carbonyl (C=O) groups excluding carboxylic acids is 1. The number of carbonyl (C=O) groups is 1. The van der Waals surface area contributed by atoms with Crippen molar-refractivity contribution in [3.63, 3.8) is 0 Å². The Hall–Kier alpha value is -1.86. The standard InChI is InChI=1S/C19H26N2O4S/c1-3-11-20-15-19(8-7-18(20)22)9-12-21(13-10-19)26(23,24)17-6-4-5-16(14-17)25-2/h3-6,14H,1,7-13,15H2,2H3. The number of likely N-dealkylation sites (tertiary alicyclic amines) is 1. The molecule has 1 spiro atoms. The summed E-state index contributed by atoms with van der Waals surface area (Å²) < 4.78 is 32.6. The van der Waals surface area contributed by atoms with Gasteiger partial charge in [-0.05, 0) is 36.8 Å². The fraction of sp³-hybridized carbons (Fsp3) is 0.526. The summed E-state index contributed by atoms with van der Waals surface area (Å²) in [6.07, 6.45) is 4.68. The van der Waals surface area contributed by atoms with Gasteiger partial charge in [-0.1, -0.05) is 12.1 Å². The lowest BCUT2D eigenvalue weighted by Crippen LogP contribution is -2.52. The molecule has 0 aliphatic carbocycles. The van der Waals surface area contributed by atoms with Gasteiger partial charge in [0, 0.05) is 38.7 Å². The van der Waals surface area contributed by atoms with Gasteiger partial charge in [0.15, 0.2) is 0 Å². The van der Waals surface area contributed by atoms with Gasteiger partial charge in [-0.3, -0.25) is 4.79 Å². The third-order valence-electron chi connectivity index (χ3n) is 5.56. The maximum Gasteiger partial charge on any atom is 0.243 e. The van der Waals surface area contributed by atoms with Crippen molar-refractivity contribution in [1.29, 1.82) is 0 Å². The van der Waals surface area contributed by atoms with E-state index in [4.69, 9.17) is 4.74 Å². The molecule has 2 saturated heterocycles. The molecule has 0 saturated carbocycles. The molecule has 2 heterocycles. The zero-order valence-electron chi connectivity index (χ0n) is 15.2. The summed E-state index contributed by atoms with van der Waals surface area (Å²) in [5.41, 5.74) is 0.0251. The van der Waals surface area contributed by atoms with Crippen molar-refractivity contribution in [3.8, 4) is 5.75 Å². The second kappa shape index (κ2) is 7.40. The summed E-state index contributed by atoms with van der Waals surface area (Å²) in [7, 11) is -2.00. The SMILES string of the molecule is C=CCN1CC2(CCC1=O)CCN(S(=O)(=O)c1cccc(OC)c1)CC2. The highest BCUT2D eigenvalue weighted by Gasteiger charge is 2.42. The van der Waals surface area contributed by atoms with Gasteiger partial charge >= 0.3 is 0 Å².